The van der Waals surface area contributed by atoms with Crippen LogP contribution in [0.3, 0.4) is 0 Å². The lowest BCUT2D eigenvalue weighted by Crippen LogP contribution is -2.74. The van der Waals surface area contributed by atoms with Gasteiger partial charge in [0, 0.05) is 18.7 Å². The lowest BCUT2D eigenvalue weighted by atomic mass is 9.95. The molecule has 9 nitrogen and oxygen atoms in total. The van der Waals surface area contributed by atoms with Crippen LogP contribution in [0.2, 0.25) is 0 Å². The van der Waals surface area contributed by atoms with Crippen molar-refractivity contribution in [1.82, 2.24) is 15.1 Å². The van der Waals surface area contributed by atoms with Crippen molar-refractivity contribution in [3.63, 3.8) is 0 Å². The number of β-lactam (4-membered cyclic amide) rings is 1. The van der Waals surface area contributed by atoms with Crippen molar-refractivity contribution >= 4 is 35.6 Å². The summed E-state index contributed by atoms with van der Waals surface area (Å²) in [6, 6.07) is 16.9. The zero-order valence-corrected chi connectivity index (χ0v) is 25.9. The van der Waals surface area contributed by atoms with Crippen molar-refractivity contribution in [3.05, 3.63) is 94.4 Å². The average Bonchev–Trinajstić information content (AvgIpc) is 3.77. The van der Waals surface area contributed by atoms with Crippen LogP contribution in [0.25, 0.3) is 0 Å². The Labute approximate surface area is 261 Å². The molecule has 2 aromatic rings. The monoisotopic (exact) mass is 615 g/mol. The number of benzene rings is 2. The molecule has 10 heteroatoms. The van der Waals surface area contributed by atoms with Gasteiger partial charge in [0.2, 0.25) is 11.8 Å². The number of thioether (sulfide) groups is 1. The second kappa shape index (κ2) is 12.1. The molecular weight excluding hydrogens is 578 g/mol. The molecule has 6 rings (SSSR count). The molecule has 1 N–H and O–H groups in total. The number of alkyl carbamates (subject to hydrolysis) is 1. The quantitative estimate of drug-likeness (QED) is 0.255. The lowest BCUT2D eigenvalue weighted by Gasteiger charge is -2.51. The van der Waals surface area contributed by atoms with Gasteiger partial charge in [-0.1, -0.05) is 60.7 Å². The number of nitrogens with one attached hydrogen (secondary N) is 1. The maximum Gasteiger partial charge on any atom is 0.408 e. The molecule has 2 aromatic carbocycles. The molecule has 1 aliphatic carbocycles. The standard InChI is InChI=1S/C34H37N3O6S/c1-34(2,3)43-33(41)35-26-30(39)37-27(32(40)42-28(22-10-6-4-7-11-22)23-12-8-5-9-13-23)25(20-44-31(26)37)18-24-16-17-36(29(24)38)19-21-14-15-21/h4-13,18,20-21,26-28,31H,14-17,19H2,1-3H3,(H,35,41)/b24-18+/t26-,27+,31-/m1/s1. The zero-order valence-electron chi connectivity index (χ0n) is 25.1. The molecule has 44 heavy (non-hydrogen) atoms. The summed E-state index contributed by atoms with van der Waals surface area (Å²) in [5.74, 6) is -0.473. The summed E-state index contributed by atoms with van der Waals surface area (Å²) in [7, 11) is 0. The molecule has 3 amide bonds. The van der Waals surface area contributed by atoms with E-state index in [-0.39, 0.29) is 5.91 Å². The SMILES string of the molecule is CC(C)(C)OC(=O)N[C@@H]1C(=O)N2[C@H](C(=O)OC(c3ccccc3)c3ccccc3)C(/C=C3\CCN(CC4CC4)C3=O)=CS[C@H]12. The van der Waals surface area contributed by atoms with Crippen LogP contribution in [0.15, 0.2) is 83.3 Å². The molecule has 0 bridgehead atoms. The summed E-state index contributed by atoms with van der Waals surface area (Å²) >= 11 is 1.33. The molecule has 3 heterocycles. The van der Waals surface area contributed by atoms with Crippen LogP contribution in [0.4, 0.5) is 4.79 Å². The molecule has 230 valence electrons. The average molecular weight is 616 g/mol. The van der Waals surface area contributed by atoms with Crippen molar-refractivity contribution in [2.24, 2.45) is 5.92 Å². The van der Waals surface area contributed by atoms with Crippen molar-refractivity contribution < 1.29 is 28.7 Å². The van der Waals surface area contributed by atoms with Crippen LogP contribution in [-0.4, -0.2) is 69.8 Å². The Morgan fingerprint density at radius 2 is 1.66 bits per heavy atom. The van der Waals surface area contributed by atoms with Crippen LogP contribution in [0, 0.1) is 5.92 Å². The van der Waals surface area contributed by atoms with E-state index in [1.54, 1.807) is 26.8 Å². The highest BCUT2D eigenvalue weighted by molar-refractivity contribution is 8.03. The molecule has 3 atom stereocenters. The number of hydrogen-bond donors (Lipinski definition) is 1. The van der Waals surface area contributed by atoms with Gasteiger partial charge in [-0.15, -0.1) is 11.8 Å². The Morgan fingerprint density at radius 3 is 2.25 bits per heavy atom. The first-order chi connectivity index (χ1) is 21.1. The fourth-order valence-corrected chi connectivity index (χ4v) is 6.95. The number of rotatable bonds is 8. The number of carbonyl (C=O) groups is 4. The van der Waals surface area contributed by atoms with Gasteiger partial charge in [0.05, 0.1) is 0 Å². The molecule has 0 radical (unpaired) electrons. The van der Waals surface area contributed by atoms with Crippen molar-refractivity contribution in [2.45, 2.75) is 69.2 Å². The van der Waals surface area contributed by atoms with E-state index in [1.165, 1.54) is 16.7 Å². The third kappa shape index (κ3) is 6.40. The van der Waals surface area contributed by atoms with Gasteiger partial charge < -0.3 is 24.6 Å². The maximum absolute atomic E-state index is 14.2. The second-order valence-electron chi connectivity index (χ2n) is 12.7. The molecule has 0 aromatic heterocycles. The summed E-state index contributed by atoms with van der Waals surface area (Å²) in [4.78, 5) is 56.9. The minimum atomic E-state index is -1.09. The van der Waals surface area contributed by atoms with E-state index >= 15 is 0 Å². The highest BCUT2D eigenvalue weighted by Gasteiger charge is 2.56. The molecule has 0 spiro atoms. The van der Waals surface area contributed by atoms with Gasteiger partial charge in [0.15, 0.2) is 12.1 Å². The Morgan fingerprint density at radius 1 is 1.02 bits per heavy atom. The van der Waals surface area contributed by atoms with Gasteiger partial charge >= 0.3 is 12.1 Å². The van der Waals surface area contributed by atoms with Crippen LogP contribution < -0.4 is 5.32 Å². The predicted octanol–water partition coefficient (Wildman–Crippen LogP) is 4.95. The fraction of sp³-hybridized carbons (Fsp3) is 0.412. The van der Waals surface area contributed by atoms with Crippen LogP contribution in [-0.2, 0) is 23.9 Å². The normalized spacial score (nSPS) is 24.1. The summed E-state index contributed by atoms with van der Waals surface area (Å²) in [6.07, 6.45) is 3.23. The number of fused-ring (bicyclic) bond motifs is 1. The third-order valence-corrected chi connectivity index (χ3v) is 9.27. The number of nitrogens with zero attached hydrogens (tertiary/aromatic N) is 2. The molecular formula is C34H37N3O6S. The number of esters is 1. The largest absolute Gasteiger partial charge is 0.451 e. The summed E-state index contributed by atoms with van der Waals surface area (Å²) in [5.41, 5.74) is 2.00. The molecule has 2 saturated heterocycles. The minimum absolute atomic E-state index is 0.0251. The zero-order chi connectivity index (χ0) is 31.0. The van der Waals surface area contributed by atoms with E-state index in [2.05, 4.69) is 5.32 Å². The van der Waals surface area contributed by atoms with Gasteiger partial charge in [-0.2, -0.15) is 0 Å². The molecule has 1 saturated carbocycles. The van der Waals surface area contributed by atoms with Crippen molar-refractivity contribution in [1.29, 1.82) is 0 Å². The highest BCUT2D eigenvalue weighted by Crippen LogP contribution is 2.42. The minimum Gasteiger partial charge on any atom is -0.451 e. The number of likely N-dealkylation sites (tertiary alicyclic amines) is 1. The smallest absolute Gasteiger partial charge is 0.408 e. The van der Waals surface area contributed by atoms with Gasteiger partial charge in [-0.3, -0.25) is 9.59 Å². The molecule has 4 aliphatic rings. The first-order valence-electron chi connectivity index (χ1n) is 15.1. The van der Waals surface area contributed by atoms with E-state index in [0.717, 1.165) is 30.5 Å². The van der Waals surface area contributed by atoms with Crippen molar-refractivity contribution in [2.75, 3.05) is 13.1 Å². The van der Waals surface area contributed by atoms with E-state index in [1.807, 2.05) is 71.0 Å². The Balaban J connectivity index is 1.29. The van der Waals surface area contributed by atoms with Gasteiger partial charge in [-0.25, -0.2) is 9.59 Å². The molecule has 0 unspecified atom stereocenters. The summed E-state index contributed by atoms with van der Waals surface area (Å²) < 4.78 is 11.6. The number of carbonyl (C=O) groups excluding carboxylic acids is 4. The molecule has 3 aliphatic heterocycles. The van der Waals surface area contributed by atoms with E-state index in [9.17, 15) is 19.2 Å². The Bertz CT molecular complexity index is 1460. The van der Waals surface area contributed by atoms with Crippen LogP contribution in [0.5, 0.6) is 0 Å². The lowest BCUT2D eigenvalue weighted by molar-refractivity contribution is -0.164. The predicted molar refractivity (Wildman–Crippen MR) is 166 cm³/mol. The number of ether oxygens (including phenoxy) is 2. The second-order valence-corrected chi connectivity index (χ2v) is 13.7. The van der Waals surface area contributed by atoms with Crippen LogP contribution >= 0.6 is 11.8 Å². The Kier molecular flexibility index (Phi) is 8.28. The number of hydrogen-bond acceptors (Lipinski definition) is 7. The van der Waals surface area contributed by atoms with Crippen molar-refractivity contribution in [3.8, 4) is 0 Å². The highest BCUT2D eigenvalue weighted by atomic mass is 32.2. The summed E-state index contributed by atoms with van der Waals surface area (Å²) in [6.45, 7) is 6.65. The topological polar surface area (TPSA) is 105 Å². The van der Waals surface area contributed by atoms with Gasteiger partial charge in [0.25, 0.3) is 0 Å². The maximum atomic E-state index is 14.2. The summed E-state index contributed by atoms with van der Waals surface area (Å²) in [5, 5.41) is 3.95. The van der Waals surface area contributed by atoms with E-state index in [4.69, 9.17) is 9.47 Å². The first kappa shape index (κ1) is 30.0. The van der Waals surface area contributed by atoms with E-state index < -0.39 is 47.1 Å². The Hall–Kier alpha value is -4.05. The van der Waals surface area contributed by atoms with Gasteiger partial charge in [0.1, 0.15) is 17.0 Å². The third-order valence-electron chi connectivity index (χ3n) is 8.08. The fourth-order valence-electron chi connectivity index (χ4n) is 5.76. The first-order valence-corrected chi connectivity index (χ1v) is 16.0. The van der Waals surface area contributed by atoms with Crippen LogP contribution in [0.1, 0.15) is 57.3 Å². The number of amides is 3. The van der Waals surface area contributed by atoms with Gasteiger partial charge in [-0.05, 0) is 74.1 Å². The van der Waals surface area contributed by atoms with E-state index in [0.29, 0.717) is 30.0 Å². The molecule has 3 fully saturated rings.